The molecule has 110 valence electrons. The predicted molar refractivity (Wildman–Crippen MR) is 82.0 cm³/mol. The molecule has 0 N–H and O–H groups in total. The Morgan fingerprint density at radius 2 is 2.10 bits per heavy atom. The van der Waals surface area contributed by atoms with Gasteiger partial charge in [0.2, 0.25) is 0 Å². The van der Waals surface area contributed by atoms with E-state index < -0.39 is 0 Å². The molecule has 2 nitrogen and oxygen atoms in total. The lowest BCUT2D eigenvalue weighted by Crippen LogP contribution is -2.18. The second-order valence-electron chi connectivity index (χ2n) is 5.99. The molecule has 0 radical (unpaired) electrons. The highest BCUT2D eigenvalue weighted by molar-refractivity contribution is 6.32. The van der Waals surface area contributed by atoms with E-state index in [0.717, 1.165) is 24.0 Å². The number of hydrogen-bond donors (Lipinski definition) is 0. The summed E-state index contributed by atoms with van der Waals surface area (Å²) in [5.74, 6) is 4.23. The van der Waals surface area contributed by atoms with Gasteiger partial charge in [-0.05, 0) is 54.7 Å². The lowest BCUT2D eigenvalue weighted by Gasteiger charge is -2.23. The number of halogens is 2. The molecule has 3 atom stereocenters. The van der Waals surface area contributed by atoms with Gasteiger partial charge in [-0.2, -0.15) is 0 Å². The predicted octanol–water partition coefficient (Wildman–Crippen LogP) is 4.90. The smallest absolute Gasteiger partial charge is 0.179 e. The van der Waals surface area contributed by atoms with Crippen LogP contribution in [0.15, 0.2) is 12.1 Å². The Balaban J connectivity index is 1.70. The summed E-state index contributed by atoms with van der Waals surface area (Å²) >= 11 is 12.1. The zero-order valence-electron chi connectivity index (χ0n) is 11.7. The van der Waals surface area contributed by atoms with Crippen molar-refractivity contribution < 1.29 is 9.47 Å². The van der Waals surface area contributed by atoms with E-state index in [-0.39, 0.29) is 0 Å². The molecule has 2 bridgehead atoms. The van der Waals surface area contributed by atoms with E-state index in [0.29, 0.717) is 28.3 Å². The maximum atomic E-state index is 6.29. The Morgan fingerprint density at radius 1 is 1.25 bits per heavy atom. The van der Waals surface area contributed by atoms with Crippen molar-refractivity contribution in [2.24, 2.45) is 17.8 Å². The molecule has 20 heavy (non-hydrogen) atoms. The fourth-order valence-corrected chi connectivity index (χ4v) is 4.20. The minimum absolute atomic E-state index is 0.419. The first-order chi connectivity index (χ1) is 9.71. The Labute approximate surface area is 130 Å². The van der Waals surface area contributed by atoms with Crippen LogP contribution in [0.2, 0.25) is 5.02 Å². The summed E-state index contributed by atoms with van der Waals surface area (Å²) in [6.45, 7) is 0.747. The molecular weight excluding hydrogens is 295 g/mol. The molecule has 0 aliphatic heterocycles. The maximum Gasteiger partial charge on any atom is 0.179 e. The van der Waals surface area contributed by atoms with Gasteiger partial charge in [-0.3, -0.25) is 0 Å². The lowest BCUT2D eigenvalue weighted by atomic mass is 9.89. The zero-order valence-corrected chi connectivity index (χ0v) is 13.2. The van der Waals surface area contributed by atoms with Crippen LogP contribution in [-0.2, 0) is 5.88 Å². The number of alkyl halides is 1. The molecule has 0 heterocycles. The molecule has 0 saturated heterocycles. The molecule has 0 amide bonds. The van der Waals surface area contributed by atoms with Gasteiger partial charge >= 0.3 is 0 Å². The average molecular weight is 315 g/mol. The van der Waals surface area contributed by atoms with Crippen LogP contribution in [0.4, 0.5) is 0 Å². The van der Waals surface area contributed by atoms with Gasteiger partial charge < -0.3 is 9.47 Å². The van der Waals surface area contributed by atoms with E-state index in [1.807, 2.05) is 12.1 Å². The van der Waals surface area contributed by atoms with Gasteiger partial charge in [-0.15, -0.1) is 11.6 Å². The van der Waals surface area contributed by atoms with Gasteiger partial charge in [0.05, 0.1) is 18.7 Å². The summed E-state index contributed by atoms with van der Waals surface area (Å²) in [7, 11) is 1.63. The van der Waals surface area contributed by atoms with E-state index in [9.17, 15) is 0 Å². The first-order valence-electron chi connectivity index (χ1n) is 7.26. The van der Waals surface area contributed by atoms with Gasteiger partial charge in [0, 0.05) is 5.88 Å². The molecule has 1 aromatic carbocycles. The van der Waals surface area contributed by atoms with Gasteiger partial charge in [0.25, 0.3) is 0 Å². The minimum atomic E-state index is 0.419. The van der Waals surface area contributed by atoms with Crippen LogP contribution < -0.4 is 9.47 Å². The van der Waals surface area contributed by atoms with Gasteiger partial charge in [0.15, 0.2) is 11.5 Å². The number of hydrogen-bond acceptors (Lipinski definition) is 2. The fourth-order valence-electron chi connectivity index (χ4n) is 3.76. The van der Waals surface area contributed by atoms with E-state index >= 15 is 0 Å². The monoisotopic (exact) mass is 314 g/mol. The number of fused-ring (bicyclic) bond motifs is 2. The van der Waals surface area contributed by atoms with Crippen LogP contribution >= 0.6 is 23.2 Å². The number of methoxy groups -OCH3 is 1. The van der Waals surface area contributed by atoms with Crippen molar-refractivity contribution in [2.75, 3.05) is 13.7 Å². The Morgan fingerprint density at radius 3 is 2.70 bits per heavy atom. The van der Waals surface area contributed by atoms with E-state index in [1.165, 1.54) is 25.7 Å². The van der Waals surface area contributed by atoms with Crippen molar-refractivity contribution in [3.05, 3.63) is 22.7 Å². The van der Waals surface area contributed by atoms with Crippen LogP contribution in [0.5, 0.6) is 11.5 Å². The Kier molecular flexibility index (Phi) is 4.32. The summed E-state index contributed by atoms with van der Waals surface area (Å²) in [4.78, 5) is 0. The van der Waals surface area contributed by atoms with Crippen molar-refractivity contribution in [3.8, 4) is 11.5 Å². The summed E-state index contributed by atoms with van der Waals surface area (Å²) in [5.41, 5.74) is 0.945. The molecule has 2 saturated carbocycles. The molecule has 0 spiro atoms. The number of benzene rings is 1. The van der Waals surface area contributed by atoms with Crippen LogP contribution in [0, 0.1) is 17.8 Å². The van der Waals surface area contributed by atoms with Crippen molar-refractivity contribution in [1.29, 1.82) is 0 Å². The van der Waals surface area contributed by atoms with Gasteiger partial charge in [-0.25, -0.2) is 0 Å². The molecule has 1 aromatic rings. The Hall–Kier alpha value is -0.600. The highest BCUT2D eigenvalue weighted by atomic mass is 35.5. The summed E-state index contributed by atoms with van der Waals surface area (Å²) in [6.07, 6.45) is 5.48. The molecule has 4 heteroatoms. The molecular formula is C16H20Cl2O2. The van der Waals surface area contributed by atoms with Crippen molar-refractivity contribution in [3.63, 3.8) is 0 Å². The molecule has 2 aliphatic carbocycles. The fraction of sp³-hybridized carbons (Fsp3) is 0.625. The van der Waals surface area contributed by atoms with E-state index in [4.69, 9.17) is 32.7 Å². The highest BCUT2D eigenvalue weighted by Gasteiger charge is 2.39. The molecule has 3 rings (SSSR count). The lowest BCUT2D eigenvalue weighted by molar-refractivity contribution is 0.190. The van der Waals surface area contributed by atoms with Crippen molar-refractivity contribution in [2.45, 2.75) is 31.6 Å². The van der Waals surface area contributed by atoms with Gasteiger partial charge in [-0.1, -0.05) is 18.0 Å². The first kappa shape index (κ1) is 14.3. The first-order valence-corrected chi connectivity index (χ1v) is 8.17. The number of ether oxygens (including phenoxy) is 2. The van der Waals surface area contributed by atoms with Crippen LogP contribution in [0.1, 0.15) is 31.2 Å². The standard InChI is InChI=1S/C16H20Cl2O2/c1-19-15-7-11(8-17)6-14(18)16(15)20-9-13-5-10-2-3-12(13)4-10/h6-7,10,12-13H,2-5,8-9H2,1H3. The topological polar surface area (TPSA) is 18.5 Å². The summed E-state index contributed by atoms with van der Waals surface area (Å²) < 4.78 is 11.4. The third-order valence-electron chi connectivity index (χ3n) is 4.77. The third kappa shape index (κ3) is 2.73. The van der Waals surface area contributed by atoms with Crippen molar-refractivity contribution in [1.82, 2.24) is 0 Å². The number of rotatable bonds is 5. The largest absolute Gasteiger partial charge is 0.493 e. The summed E-state index contributed by atoms with van der Waals surface area (Å²) in [6, 6.07) is 3.75. The SMILES string of the molecule is COc1cc(CCl)cc(Cl)c1OCC1CC2CCC1C2. The molecule has 2 fully saturated rings. The van der Waals surface area contributed by atoms with E-state index in [2.05, 4.69) is 0 Å². The third-order valence-corrected chi connectivity index (χ3v) is 5.36. The van der Waals surface area contributed by atoms with Crippen LogP contribution in [-0.4, -0.2) is 13.7 Å². The summed E-state index contributed by atoms with van der Waals surface area (Å²) in [5, 5.41) is 0.586. The normalized spacial score (nSPS) is 27.9. The second-order valence-corrected chi connectivity index (χ2v) is 6.66. The van der Waals surface area contributed by atoms with Gasteiger partial charge in [0.1, 0.15) is 0 Å². The average Bonchev–Trinajstić information content (AvgIpc) is 3.07. The highest BCUT2D eigenvalue weighted by Crippen LogP contribution is 2.48. The quantitative estimate of drug-likeness (QED) is 0.719. The maximum absolute atomic E-state index is 6.29. The van der Waals surface area contributed by atoms with Crippen LogP contribution in [0.25, 0.3) is 0 Å². The van der Waals surface area contributed by atoms with E-state index in [1.54, 1.807) is 7.11 Å². The second kappa shape index (κ2) is 6.03. The molecule has 3 unspecified atom stereocenters. The zero-order chi connectivity index (χ0) is 14.1. The molecule has 0 aromatic heterocycles. The molecule has 2 aliphatic rings. The Bertz CT molecular complexity index is 490. The van der Waals surface area contributed by atoms with Crippen LogP contribution in [0.3, 0.4) is 0 Å². The van der Waals surface area contributed by atoms with Crippen molar-refractivity contribution >= 4 is 23.2 Å². The minimum Gasteiger partial charge on any atom is -0.493 e.